The van der Waals surface area contributed by atoms with Gasteiger partial charge in [0.1, 0.15) is 34.6 Å². The van der Waals surface area contributed by atoms with Gasteiger partial charge in [-0.25, -0.2) is 43.7 Å². The number of nitrogens with zero attached hydrogens (tertiary/aromatic N) is 7. The summed E-state index contributed by atoms with van der Waals surface area (Å²) in [5.74, 6) is -1.38. The predicted octanol–water partition coefficient (Wildman–Crippen LogP) is 3.33. The molecule has 0 saturated carbocycles. The summed E-state index contributed by atoms with van der Waals surface area (Å²) in [5.41, 5.74) is 0.907. The first kappa shape index (κ1) is 27.1. The molecule has 0 aliphatic heterocycles. The van der Waals surface area contributed by atoms with Crippen molar-refractivity contribution in [3.05, 3.63) is 107 Å². The number of halogens is 3. The van der Waals surface area contributed by atoms with E-state index in [0.29, 0.717) is 15.7 Å². The molecule has 0 saturated heterocycles. The molecule has 0 aromatic carbocycles. The van der Waals surface area contributed by atoms with Crippen molar-refractivity contribution in [2.24, 2.45) is 0 Å². The van der Waals surface area contributed by atoms with Gasteiger partial charge in [-0.1, -0.05) is 0 Å². The van der Waals surface area contributed by atoms with Crippen molar-refractivity contribution in [2.45, 2.75) is 0 Å². The molecule has 4 aromatic heterocycles. The quantitative estimate of drug-likeness (QED) is 0.215. The lowest BCUT2D eigenvalue weighted by Crippen LogP contribution is -2.25. The lowest BCUT2D eigenvalue weighted by molar-refractivity contribution is -0.0757. The van der Waals surface area contributed by atoms with Crippen LogP contribution in [-0.2, 0) is 4.84 Å². The second-order valence-electron chi connectivity index (χ2n) is 6.23. The van der Waals surface area contributed by atoms with Gasteiger partial charge in [-0.2, -0.15) is 0 Å². The van der Waals surface area contributed by atoms with Gasteiger partial charge in [0.05, 0.1) is 30.6 Å². The number of rotatable bonds is 4. The monoisotopic (exact) mass is 545 g/mol. The topological polar surface area (TPSA) is 124 Å². The number of amides is 1. The molecule has 0 spiro atoms. The van der Waals surface area contributed by atoms with Gasteiger partial charge < -0.3 is 0 Å². The Labute approximate surface area is 207 Å². The van der Waals surface area contributed by atoms with Crippen LogP contribution in [0.25, 0.3) is 0 Å². The second kappa shape index (κ2) is 14.2. The highest BCUT2D eigenvalue weighted by molar-refractivity contribution is 9.10. The first-order chi connectivity index (χ1) is 16.8. The van der Waals surface area contributed by atoms with Gasteiger partial charge in [0.2, 0.25) is 5.78 Å². The Morgan fingerprint density at radius 2 is 1.31 bits per heavy atom. The Balaban J connectivity index is 0.000000194. The van der Waals surface area contributed by atoms with E-state index in [1.165, 1.54) is 69.8 Å². The van der Waals surface area contributed by atoms with Crippen LogP contribution in [0, 0.1) is 11.6 Å². The van der Waals surface area contributed by atoms with E-state index in [2.05, 4.69) is 45.8 Å². The third kappa shape index (κ3) is 9.35. The molecular weight excluding hydrogens is 528 g/mol. The van der Waals surface area contributed by atoms with Gasteiger partial charge in [-0.05, 0) is 40.2 Å². The van der Waals surface area contributed by atoms with Crippen molar-refractivity contribution in [1.82, 2.24) is 35.0 Å². The molecule has 4 heterocycles. The standard InChI is InChI=1S/C10H6FN3O.C7H9N3O2.C5H3BrFN/c11-8-1-2-9(14-5-8)10(15)7-3-12-6-13-4-7;1-10(12-2)7(11)6-3-8-5-9-4-6;6-5-2-1-4(7)3-8-5/h1-6H;3-5H,1-2H3;1-3H. The second-order valence-corrected chi connectivity index (χ2v) is 7.04. The number of hydrogen-bond donors (Lipinski definition) is 0. The number of pyridine rings is 2. The summed E-state index contributed by atoms with van der Waals surface area (Å²) >= 11 is 3.07. The van der Waals surface area contributed by atoms with E-state index < -0.39 is 5.82 Å². The summed E-state index contributed by atoms with van der Waals surface area (Å²) < 4.78 is 25.2. The minimum Gasteiger partial charge on any atom is -0.287 e. The van der Waals surface area contributed by atoms with Crippen molar-refractivity contribution in [3.63, 3.8) is 0 Å². The Morgan fingerprint density at radius 3 is 1.74 bits per heavy atom. The zero-order valence-corrected chi connectivity index (χ0v) is 20.0. The van der Waals surface area contributed by atoms with Gasteiger partial charge >= 0.3 is 0 Å². The van der Waals surface area contributed by atoms with Crippen molar-refractivity contribution in [1.29, 1.82) is 0 Å². The minimum absolute atomic E-state index is 0.172. The summed E-state index contributed by atoms with van der Waals surface area (Å²) in [4.78, 5) is 49.8. The molecular formula is C22H18BrF2N7O3. The fraction of sp³-hybridized carbons (Fsp3) is 0.0909. The molecule has 0 aliphatic carbocycles. The fourth-order valence-corrected chi connectivity index (χ4v) is 2.34. The number of aromatic nitrogens is 6. The maximum absolute atomic E-state index is 12.6. The molecule has 0 N–H and O–H groups in total. The maximum Gasteiger partial charge on any atom is 0.280 e. The third-order valence-corrected chi connectivity index (χ3v) is 4.31. The third-order valence-electron chi connectivity index (χ3n) is 3.84. The van der Waals surface area contributed by atoms with E-state index in [1.54, 1.807) is 6.07 Å². The first-order valence-electron chi connectivity index (χ1n) is 9.57. The summed E-state index contributed by atoms with van der Waals surface area (Å²) in [6.07, 6.45) is 10.5. The maximum atomic E-state index is 12.6. The van der Waals surface area contributed by atoms with Crippen LogP contribution in [0.5, 0.6) is 0 Å². The zero-order valence-electron chi connectivity index (χ0n) is 18.4. The smallest absolute Gasteiger partial charge is 0.280 e. The van der Waals surface area contributed by atoms with E-state index in [4.69, 9.17) is 4.84 Å². The van der Waals surface area contributed by atoms with Gasteiger partial charge in [0.25, 0.3) is 5.91 Å². The number of hydrogen-bond acceptors (Lipinski definition) is 9. The Morgan fingerprint density at radius 1 is 0.800 bits per heavy atom. The largest absolute Gasteiger partial charge is 0.287 e. The Kier molecular flexibility index (Phi) is 11.0. The van der Waals surface area contributed by atoms with Crippen LogP contribution in [-0.4, -0.2) is 60.8 Å². The van der Waals surface area contributed by atoms with Crippen molar-refractivity contribution < 1.29 is 23.2 Å². The van der Waals surface area contributed by atoms with Crippen LogP contribution in [0.4, 0.5) is 8.78 Å². The van der Waals surface area contributed by atoms with Gasteiger partial charge in [-0.3, -0.25) is 14.4 Å². The molecule has 1 amide bonds. The molecule has 0 radical (unpaired) electrons. The number of hydroxylamine groups is 2. The van der Waals surface area contributed by atoms with Gasteiger partial charge in [0.15, 0.2) is 0 Å². The first-order valence-corrected chi connectivity index (χ1v) is 10.4. The average Bonchev–Trinajstić information content (AvgIpc) is 2.91. The molecule has 0 aliphatic rings. The summed E-state index contributed by atoms with van der Waals surface area (Å²) in [6.45, 7) is 0. The van der Waals surface area contributed by atoms with E-state index in [-0.39, 0.29) is 23.2 Å². The molecule has 4 rings (SSSR count). The molecule has 35 heavy (non-hydrogen) atoms. The van der Waals surface area contributed by atoms with E-state index in [1.807, 2.05) is 0 Å². The summed E-state index contributed by atoms with van der Waals surface area (Å²) in [7, 11) is 2.94. The highest BCUT2D eigenvalue weighted by Crippen LogP contribution is 2.06. The van der Waals surface area contributed by atoms with Crippen LogP contribution >= 0.6 is 15.9 Å². The van der Waals surface area contributed by atoms with Crippen LogP contribution in [0.1, 0.15) is 26.4 Å². The molecule has 0 bridgehead atoms. The molecule has 10 nitrogen and oxygen atoms in total. The van der Waals surface area contributed by atoms with Gasteiger partial charge in [0, 0.05) is 31.8 Å². The highest BCUT2D eigenvalue weighted by Gasteiger charge is 2.11. The molecule has 0 fully saturated rings. The molecule has 4 aromatic rings. The highest BCUT2D eigenvalue weighted by atomic mass is 79.9. The summed E-state index contributed by atoms with van der Waals surface area (Å²) in [5, 5.41) is 1.11. The van der Waals surface area contributed by atoms with E-state index in [9.17, 15) is 18.4 Å². The van der Waals surface area contributed by atoms with Gasteiger partial charge in [-0.15, -0.1) is 0 Å². The number of carbonyl (C=O) groups is 2. The molecule has 0 unspecified atom stereocenters. The van der Waals surface area contributed by atoms with Crippen molar-refractivity contribution in [2.75, 3.05) is 14.2 Å². The predicted molar refractivity (Wildman–Crippen MR) is 123 cm³/mol. The van der Waals surface area contributed by atoms with E-state index in [0.717, 1.165) is 17.5 Å². The average molecular weight is 546 g/mol. The minimum atomic E-state index is -0.476. The van der Waals surface area contributed by atoms with E-state index >= 15 is 0 Å². The van der Waals surface area contributed by atoms with Crippen LogP contribution in [0.2, 0.25) is 0 Å². The lowest BCUT2D eigenvalue weighted by atomic mass is 10.1. The summed E-state index contributed by atoms with van der Waals surface area (Å²) in [6, 6.07) is 5.40. The Hall–Kier alpha value is -4.10. The van der Waals surface area contributed by atoms with Crippen molar-refractivity contribution >= 4 is 27.6 Å². The molecule has 13 heteroatoms. The zero-order chi connectivity index (χ0) is 25.6. The number of carbonyl (C=O) groups excluding carboxylic acids is 2. The molecule has 180 valence electrons. The normalized spacial score (nSPS) is 9.63. The fourth-order valence-electron chi connectivity index (χ4n) is 2.11. The van der Waals surface area contributed by atoms with Crippen LogP contribution < -0.4 is 0 Å². The van der Waals surface area contributed by atoms with Crippen molar-refractivity contribution in [3.8, 4) is 0 Å². The Bertz CT molecular complexity index is 1180. The van der Waals surface area contributed by atoms with Crippen LogP contribution in [0.15, 0.2) is 78.7 Å². The number of ketones is 1. The molecule has 0 atom stereocenters. The SMILES string of the molecule is CON(C)C(=O)c1cncnc1.Fc1ccc(Br)nc1.O=C(c1cncnc1)c1ccc(F)cn1. The van der Waals surface area contributed by atoms with Crippen LogP contribution in [0.3, 0.4) is 0 Å². The lowest BCUT2D eigenvalue weighted by Gasteiger charge is -2.12.